The van der Waals surface area contributed by atoms with E-state index in [1.165, 1.54) is 0 Å². The van der Waals surface area contributed by atoms with Gasteiger partial charge in [-0.25, -0.2) is 0 Å². The number of morpholine rings is 1. The second kappa shape index (κ2) is 7.22. The number of rotatable bonds is 5. The molecule has 0 aromatic rings. The van der Waals surface area contributed by atoms with Crippen molar-refractivity contribution in [1.82, 2.24) is 15.5 Å². The highest BCUT2D eigenvalue weighted by Crippen LogP contribution is 2.31. The van der Waals surface area contributed by atoms with Gasteiger partial charge in [0.25, 0.3) is 0 Å². The number of amides is 2. The van der Waals surface area contributed by atoms with Crippen LogP contribution < -0.4 is 10.6 Å². The van der Waals surface area contributed by atoms with Crippen LogP contribution in [0.3, 0.4) is 0 Å². The molecule has 0 spiro atoms. The van der Waals surface area contributed by atoms with Gasteiger partial charge in [0.1, 0.15) is 6.04 Å². The molecule has 0 bridgehead atoms. The molecule has 0 aromatic heterocycles. The third-order valence-corrected chi connectivity index (χ3v) is 4.49. The minimum absolute atomic E-state index is 0.00995. The zero-order valence-electron chi connectivity index (χ0n) is 13.1. The lowest BCUT2D eigenvalue weighted by Gasteiger charge is -2.32. The summed E-state index contributed by atoms with van der Waals surface area (Å²) in [6, 6.07) is -0.468. The summed E-state index contributed by atoms with van der Waals surface area (Å²) in [5, 5.41) is 6.21. The van der Waals surface area contributed by atoms with Crippen molar-refractivity contribution in [2.24, 2.45) is 5.41 Å². The van der Waals surface area contributed by atoms with Crippen LogP contribution in [0.5, 0.6) is 0 Å². The molecule has 2 aliphatic rings. The zero-order chi connectivity index (χ0) is 15.3. The fraction of sp³-hybridized carbons (Fsp3) is 0.867. The van der Waals surface area contributed by atoms with Crippen LogP contribution in [0.15, 0.2) is 0 Å². The van der Waals surface area contributed by atoms with E-state index in [1.807, 2.05) is 0 Å². The molecule has 21 heavy (non-hydrogen) atoms. The Morgan fingerprint density at radius 3 is 2.67 bits per heavy atom. The molecule has 2 atom stereocenters. The van der Waals surface area contributed by atoms with E-state index < -0.39 is 6.04 Å². The first kappa shape index (κ1) is 16.2. The van der Waals surface area contributed by atoms with Gasteiger partial charge in [0.2, 0.25) is 11.8 Å². The minimum atomic E-state index is -0.468. The van der Waals surface area contributed by atoms with E-state index in [1.54, 1.807) is 11.8 Å². The average Bonchev–Trinajstić information content (AvgIpc) is 2.97. The maximum Gasteiger partial charge on any atom is 0.245 e. The van der Waals surface area contributed by atoms with Crippen LogP contribution in [0, 0.1) is 5.41 Å². The predicted molar refractivity (Wildman–Crippen MR) is 79.8 cm³/mol. The average molecular weight is 297 g/mol. The SMILES string of the molecule is CCCC1(C(=O)NC(C)C(=O)N2CCOCC2)CCNC1. The highest BCUT2D eigenvalue weighted by atomic mass is 16.5. The Morgan fingerprint density at radius 1 is 1.38 bits per heavy atom. The fourth-order valence-corrected chi connectivity index (χ4v) is 3.21. The van der Waals surface area contributed by atoms with Gasteiger partial charge in [-0.2, -0.15) is 0 Å². The van der Waals surface area contributed by atoms with Crippen molar-refractivity contribution in [1.29, 1.82) is 0 Å². The Morgan fingerprint density at radius 2 is 2.10 bits per heavy atom. The molecule has 2 amide bonds. The summed E-state index contributed by atoms with van der Waals surface area (Å²) in [5.41, 5.74) is -0.339. The summed E-state index contributed by atoms with van der Waals surface area (Å²) in [6.07, 6.45) is 2.69. The highest BCUT2D eigenvalue weighted by molar-refractivity contribution is 5.90. The summed E-state index contributed by atoms with van der Waals surface area (Å²) in [7, 11) is 0. The summed E-state index contributed by atoms with van der Waals surface area (Å²) in [4.78, 5) is 26.7. The lowest BCUT2D eigenvalue weighted by atomic mass is 9.81. The Bertz CT molecular complexity index is 374. The molecule has 2 aliphatic heterocycles. The van der Waals surface area contributed by atoms with Crippen molar-refractivity contribution in [2.45, 2.75) is 39.2 Å². The van der Waals surface area contributed by atoms with Crippen molar-refractivity contribution < 1.29 is 14.3 Å². The van der Waals surface area contributed by atoms with E-state index in [2.05, 4.69) is 17.6 Å². The van der Waals surface area contributed by atoms with Gasteiger partial charge in [-0.3, -0.25) is 9.59 Å². The highest BCUT2D eigenvalue weighted by Gasteiger charge is 2.41. The quantitative estimate of drug-likeness (QED) is 0.757. The smallest absolute Gasteiger partial charge is 0.245 e. The second-order valence-corrected chi connectivity index (χ2v) is 6.09. The van der Waals surface area contributed by atoms with Crippen LogP contribution in [0.4, 0.5) is 0 Å². The molecule has 120 valence electrons. The van der Waals surface area contributed by atoms with Crippen LogP contribution in [-0.4, -0.2) is 62.1 Å². The molecular formula is C15H27N3O3. The lowest BCUT2D eigenvalue weighted by Crippen LogP contribution is -2.53. The molecule has 2 heterocycles. The van der Waals surface area contributed by atoms with Gasteiger partial charge in [-0.05, 0) is 26.3 Å². The number of hydrogen-bond donors (Lipinski definition) is 2. The third kappa shape index (κ3) is 3.74. The normalized spacial score (nSPS) is 27.4. The van der Waals surface area contributed by atoms with Gasteiger partial charge in [-0.15, -0.1) is 0 Å². The first-order chi connectivity index (χ1) is 10.1. The van der Waals surface area contributed by atoms with Gasteiger partial charge < -0.3 is 20.3 Å². The third-order valence-electron chi connectivity index (χ3n) is 4.49. The molecule has 2 fully saturated rings. The number of nitrogens with zero attached hydrogens (tertiary/aromatic N) is 1. The molecule has 0 saturated carbocycles. The minimum Gasteiger partial charge on any atom is -0.378 e. The first-order valence-electron chi connectivity index (χ1n) is 7.97. The van der Waals surface area contributed by atoms with Crippen LogP contribution >= 0.6 is 0 Å². The molecule has 2 saturated heterocycles. The Hall–Kier alpha value is -1.14. The molecule has 0 aromatic carbocycles. The number of hydrogen-bond acceptors (Lipinski definition) is 4. The molecule has 0 aliphatic carbocycles. The zero-order valence-corrected chi connectivity index (χ0v) is 13.1. The van der Waals surface area contributed by atoms with Crippen LogP contribution in [0.1, 0.15) is 33.1 Å². The van der Waals surface area contributed by atoms with E-state index >= 15 is 0 Å². The predicted octanol–water partition coefficient (Wildman–Crippen LogP) is 0.130. The van der Waals surface area contributed by atoms with E-state index in [0.29, 0.717) is 32.8 Å². The standard InChI is InChI=1S/C15H27N3O3/c1-3-4-15(5-6-16-11-15)14(20)17-12(2)13(19)18-7-9-21-10-8-18/h12,16H,3-11H2,1-2H3,(H,17,20). The van der Waals surface area contributed by atoms with E-state index in [9.17, 15) is 9.59 Å². The second-order valence-electron chi connectivity index (χ2n) is 6.09. The molecule has 2 rings (SSSR count). The summed E-state index contributed by atoms with van der Waals surface area (Å²) < 4.78 is 5.25. The fourth-order valence-electron chi connectivity index (χ4n) is 3.21. The monoisotopic (exact) mass is 297 g/mol. The lowest BCUT2D eigenvalue weighted by molar-refractivity contribution is -0.141. The van der Waals surface area contributed by atoms with Gasteiger partial charge in [0.15, 0.2) is 0 Å². The van der Waals surface area contributed by atoms with Crippen molar-refractivity contribution >= 4 is 11.8 Å². The summed E-state index contributed by atoms with van der Waals surface area (Å²) in [6.45, 7) is 7.84. The maximum atomic E-state index is 12.6. The van der Waals surface area contributed by atoms with Crippen LogP contribution in [0.25, 0.3) is 0 Å². The topological polar surface area (TPSA) is 70.7 Å². The molecular weight excluding hydrogens is 270 g/mol. The largest absolute Gasteiger partial charge is 0.378 e. The summed E-state index contributed by atoms with van der Waals surface area (Å²) >= 11 is 0. The van der Waals surface area contributed by atoms with Crippen LogP contribution in [0.2, 0.25) is 0 Å². The van der Waals surface area contributed by atoms with Crippen LogP contribution in [-0.2, 0) is 14.3 Å². The van der Waals surface area contributed by atoms with Gasteiger partial charge in [0, 0.05) is 19.6 Å². The number of carbonyl (C=O) groups excluding carboxylic acids is 2. The number of nitrogens with one attached hydrogen (secondary N) is 2. The van der Waals surface area contributed by atoms with E-state index in [0.717, 1.165) is 25.8 Å². The van der Waals surface area contributed by atoms with E-state index in [-0.39, 0.29) is 17.2 Å². The van der Waals surface area contributed by atoms with Crippen molar-refractivity contribution in [3.63, 3.8) is 0 Å². The first-order valence-corrected chi connectivity index (χ1v) is 7.97. The van der Waals surface area contributed by atoms with E-state index in [4.69, 9.17) is 4.74 Å². The van der Waals surface area contributed by atoms with Gasteiger partial charge in [0.05, 0.1) is 18.6 Å². The molecule has 2 N–H and O–H groups in total. The molecule has 2 unspecified atom stereocenters. The van der Waals surface area contributed by atoms with Crippen molar-refractivity contribution in [3.8, 4) is 0 Å². The van der Waals surface area contributed by atoms with Gasteiger partial charge >= 0.3 is 0 Å². The Balaban J connectivity index is 1.92. The van der Waals surface area contributed by atoms with Crippen molar-refractivity contribution in [2.75, 3.05) is 39.4 Å². The molecule has 6 nitrogen and oxygen atoms in total. The summed E-state index contributed by atoms with van der Waals surface area (Å²) in [5.74, 6) is 0.00714. The van der Waals surface area contributed by atoms with Gasteiger partial charge in [-0.1, -0.05) is 13.3 Å². The molecule has 6 heteroatoms. The maximum absolute atomic E-state index is 12.6. The van der Waals surface area contributed by atoms with Crippen molar-refractivity contribution in [3.05, 3.63) is 0 Å². The number of carbonyl (C=O) groups is 2. The molecule has 0 radical (unpaired) electrons. The Labute approximate surface area is 126 Å². The Kier molecular flexibility index (Phi) is 5.58. The number of ether oxygens (including phenoxy) is 1.